The third-order valence-electron chi connectivity index (χ3n) is 1.12. The van der Waals surface area contributed by atoms with Crippen molar-refractivity contribution in [2.45, 2.75) is 18.9 Å². The summed E-state index contributed by atoms with van der Waals surface area (Å²) in [6.07, 6.45) is 7.37. The van der Waals surface area contributed by atoms with Gasteiger partial charge in [0.15, 0.2) is 0 Å². The van der Waals surface area contributed by atoms with E-state index in [-0.39, 0.29) is 6.10 Å². The fourth-order valence-electron chi connectivity index (χ4n) is 0.709. The van der Waals surface area contributed by atoms with Crippen LogP contribution in [0.2, 0.25) is 0 Å². The van der Waals surface area contributed by atoms with Crippen molar-refractivity contribution in [1.29, 1.82) is 0 Å². The maximum atomic E-state index is 5.07. The topological polar surface area (TPSA) is 9.23 Å². The Balaban J connectivity index is 2.31. The monoisotopic (exact) mass is 96.1 g/mol. The predicted octanol–water partition coefficient (Wildman–Crippen LogP) is 0.799. The molecule has 0 bridgehead atoms. The van der Waals surface area contributed by atoms with E-state index in [0.29, 0.717) is 0 Å². The second-order valence-electron chi connectivity index (χ2n) is 1.67. The molecule has 38 valence electrons. The van der Waals surface area contributed by atoms with Gasteiger partial charge in [0, 0.05) is 6.61 Å². The van der Waals surface area contributed by atoms with Crippen LogP contribution >= 0.6 is 0 Å². The zero-order valence-electron chi connectivity index (χ0n) is 4.18. The van der Waals surface area contributed by atoms with E-state index in [4.69, 9.17) is 11.2 Å². The number of terminal acetylenes is 1. The fraction of sp³-hybridized carbons (Fsp3) is 0.667. The number of ether oxygens (including phenoxy) is 1. The third kappa shape index (κ3) is 0.942. The number of hydrogen-bond acceptors (Lipinski definition) is 1. The minimum absolute atomic E-state index is 0.125. The average molecular weight is 96.1 g/mol. The van der Waals surface area contributed by atoms with Crippen molar-refractivity contribution in [1.82, 2.24) is 0 Å². The van der Waals surface area contributed by atoms with Crippen LogP contribution in [0.4, 0.5) is 0 Å². The summed E-state index contributed by atoms with van der Waals surface area (Å²) in [5, 5.41) is 0. The normalized spacial score (nSPS) is 29.9. The fourth-order valence-corrected chi connectivity index (χ4v) is 0.709. The summed E-state index contributed by atoms with van der Waals surface area (Å²) in [4.78, 5) is 0. The smallest absolute Gasteiger partial charge is 0.118 e. The first kappa shape index (κ1) is 4.67. The summed E-state index contributed by atoms with van der Waals surface area (Å²) in [6.45, 7) is 0.856. The molecule has 0 radical (unpaired) electrons. The SMILES string of the molecule is C#C[C@@H]1CCCO1. The molecule has 1 rings (SSSR count). The molecule has 0 N–H and O–H groups in total. The Kier molecular flexibility index (Phi) is 1.33. The molecule has 1 heterocycles. The Morgan fingerprint density at radius 3 is 2.86 bits per heavy atom. The molecule has 0 aromatic heterocycles. The van der Waals surface area contributed by atoms with Gasteiger partial charge >= 0.3 is 0 Å². The van der Waals surface area contributed by atoms with Crippen molar-refractivity contribution in [3.05, 3.63) is 0 Å². The minimum atomic E-state index is 0.125. The van der Waals surface area contributed by atoms with Gasteiger partial charge in [-0.25, -0.2) is 0 Å². The van der Waals surface area contributed by atoms with E-state index in [1.165, 1.54) is 0 Å². The predicted molar refractivity (Wildman–Crippen MR) is 27.8 cm³/mol. The molecule has 1 saturated heterocycles. The van der Waals surface area contributed by atoms with Gasteiger partial charge in [-0.15, -0.1) is 6.42 Å². The van der Waals surface area contributed by atoms with Crippen molar-refractivity contribution < 1.29 is 4.74 Å². The first-order valence-electron chi connectivity index (χ1n) is 2.51. The van der Waals surface area contributed by atoms with Gasteiger partial charge in [-0.2, -0.15) is 0 Å². The lowest BCUT2D eigenvalue weighted by Gasteiger charge is -1.94. The lowest BCUT2D eigenvalue weighted by Crippen LogP contribution is -1.98. The van der Waals surface area contributed by atoms with Crippen LogP contribution in [0.5, 0.6) is 0 Å². The molecule has 1 fully saturated rings. The number of hydrogen-bond donors (Lipinski definition) is 0. The van der Waals surface area contributed by atoms with Gasteiger partial charge < -0.3 is 4.74 Å². The Labute approximate surface area is 43.7 Å². The molecule has 1 nitrogen and oxygen atoms in total. The van der Waals surface area contributed by atoms with Crippen molar-refractivity contribution in [2.75, 3.05) is 6.61 Å². The quantitative estimate of drug-likeness (QED) is 0.405. The van der Waals surface area contributed by atoms with Gasteiger partial charge in [0.2, 0.25) is 0 Å². The van der Waals surface area contributed by atoms with E-state index in [9.17, 15) is 0 Å². The van der Waals surface area contributed by atoms with E-state index in [1.807, 2.05) is 0 Å². The van der Waals surface area contributed by atoms with E-state index < -0.39 is 0 Å². The molecule has 0 aromatic carbocycles. The molecule has 0 spiro atoms. The summed E-state index contributed by atoms with van der Waals surface area (Å²) in [5.74, 6) is 2.54. The highest BCUT2D eigenvalue weighted by Crippen LogP contribution is 2.09. The van der Waals surface area contributed by atoms with Gasteiger partial charge in [0.25, 0.3) is 0 Å². The van der Waals surface area contributed by atoms with Gasteiger partial charge in [-0.1, -0.05) is 5.92 Å². The van der Waals surface area contributed by atoms with Crippen molar-refractivity contribution >= 4 is 0 Å². The highest BCUT2D eigenvalue weighted by Gasteiger charge is 2.10. The van der Waals surface area contributed by atoms with Crippen LogP contribution in [0.15, 0.2) is 0 Å². The van der Waals surface area contributed by atoms with Crippen molar-refractivity contribution in [3.8, 4) is 12.3 Å². The van der Waals surface area contributed by atoms with Crippen LogP contribution in [0.1, 0.15) is 12.8 Å². The highest BCUT2D eigenvalue weighted by atomic mass is 16.5. The molecule has 0 aliphatic carbocycles. The van der Waals surface area contributed by atoms with Gasteiger partial charge in [-0.05, 0) is 12.8 Å². The molecule has 1 aliphatic rings. The van der Waals surface area contributed by atoms with Gasteiger partial charge in [0.1, 0.15) is 6.10 Å². The highest BCUT2D eigenvalue weighted by molar-refractivity contribution is 4.96. The van der Waals surface area contributed by atoms with Crippen LogP contribution < -0.4 is 0 Å². The standard InChI is InChI=1S/C6H8O/c1-2-6-4-3-5-7-6/h1,6H,3-5H2/t6-/m1/s1. The van der Waals surface area contributed by atoms with Crippen LogP contribution in [-0.4, -0.2) is 12.7 Å². The molecule has 1 heteroatoms. The Morgan fingerprint density at radius 1 is 1.71 bits per heavy atom. The number of rotatable bonds is 0. The van der Waals surface area contributed by atoms with Crippen molar-refractivity contribution in [2.24, 2.45) is 0 Å². The van der Waals surface area contributed by atoms with E-state index >= 15 is 0 Å². The van der Waals surface area contributed by atoms with E-state index in [0.717, 1.165) is 19.4 Å². The maximum Gasteiger partial charge on any atom is 0.118 e. The zero-order chi connectivity index (χ0) is 5.11. The van der Waals surface area contributed by atoms with E-state index in [1.54, 1.807) is 0 Å². The molecule has 1 atom stereocenters. The largest absolute Gasteiger partial charge is 0.366 e. The molecule has 0 saturated carbocycles. The summed E-state index contributed by atoms with van der Waals surface area (Å²) in [7, 11) is 0. The molecule has 0 amide bonds. The average Bonchev–Trinajstić information content (AvgIpc) is 2.14. The Hall–Kier alpha value is -0.480. The lowest BCUT2D eigenvalue weighted by molar-refractivity contribution is 0.152. The van der Waals surface area contributed by atoms with Crippen molar-refractivity contribution in [3.63, 3.8) is 0 Å². The molecule has 1 aliphatic heterocycles. The Bertz CT molecular complexity index is 84.8. The van der Waals surface area contributed by atoms with Crippen LogP contribution in [0.25, 0.3) is 0 Å². The summed E-state index contributed by atoms with van der Waals surface area (Å²) < 4.78 is 5.07. The summed E-state index contributed by atoms with van der Waals surface area (Å²) in [5.41, 5.74) is 0. The van der Waals surface area contributed by atoms with Crippen LogP contribution in [0.3, 0.4) is 0 Å². The summed E-state index contributed by atoms with van der Waals surface area (Å²) >= 11 is 0. The zero-order valence-corrected chi connectivity index (χ0v) is 4.18. The van der Waals surface area contributed by atoms with Crippen LogP contribution in [0, 0.1) is 12.3 Å². The maximum absolute atomic E-state index is 5.07. The third-order valence-corrected chi connectivity index (χ3v) is 1.12. The summed E-state index contributed by atoms with van der Waals surface area (Å²) in [6, 6.07) is 0. The van der Waals surface area contributed by atoms with Crippen LogP contribution in [-0.2, 0) is 4.74 Å². The van der Waals surface area contributed by atoms with Gasteiger partial charge in [-0.3, -0.25) is 0 Å². The van der Waals surface area contributed by atoms with Gasteiger partial charge in [0.05, 0.1) is 0 Å². The second-order valence-corrected chi connectivity index (χ2v) is 1.67. The second kappa shape index (κ2) is 1.99. The molecular formula is C6H8O. The van der Waals surface area contributed by atoms with E-state index in [2.05, 4.69) is 5.92 Å². The molecule has 7 heavy (non-hydrogen) atoms. The lowest BCUT2D eigenvalue weighted by atomic mass is 10.2. The molecule has 0 unspecified atom stereocenters. The Morgan fingerprint density at radius 2 is 2.57 bits per heavy atom. The molecule has 0 aromatic rings. The molecular weight excluding hydrogens is 88.1 g/mol. The first-order valence-corrected chi connectivity index (χ1v) is 2.51. The first-order chi connectivity index (χ1) is 3.43. The minimum Gasteiger partial charge on any atom is -0.366 e.